The lowest BCUT2D eigenvalue weighted by Gasteiger charge is -2.12. The molecule has 0 unspecified atom stereocenters. The standard InChI is InChI=1S/C25H23NO2S/c1-17-13-18(2)25(19(3)14-17)29(27,28)16-23-11-9-22-15-21(10-12-24(22)26-23)20-7-5-4-6-8-20/h4-15H,16H2,1-3H3. The number of fused-ring (bicyclic) bond motifs is 1. The second-order valence-electron chi connectivity index (χ2n) is 7.56. The monoisotopic (exact) mass is 401 g/mol. The topological polar surface area (TPSA) is 47.0 Å². The molecule has 29 heavy (non-hydrogen) atoms. The fraction of sp³-hybridized carbons (Fsp3) is 0.160. The summed E-state index contributed by atoms with van der Waals surface area (Å²) in [6.07, 6.45) is 0. The molecule has 3 nitrogen and oxygen atoms in total. The van der Waals surface area contributed by atoms with Gasteiger partial charge < -0.3 is 0 Å². The van der Waals surface area contributed by atoms with Crippen molar-refractivity contribution in [2.45, 2.75) is 31.4 Å². The molecule has 0 fully saturated rings. The lowest BCUT2D eigenvalue weighted by atomic mass is 10.0. The molecule has 4 heteroatoms. The number of aryl methyl sites for hydroxylation is 3. The van der Waals surface area contributed by atoms with Crippen molar-refractivity contribution in [3.8, 4) is 11.1 Å². The lowest BCUT2D eigenvalue weighted by Crippen LogP contribution is -2.10. The molecule has 0 saturated carbocycles. The van der Waals surface area contributed by atoms with E-state index in [0.29, 0.717) is 10.6 Å². The van der Waals surface area contributed by atoms with Crippen LogP contribution in [0.1, 0.15) is 22.4 Å². The van der Waals surface area contributed by atoms with Gasteiger partial charge in [0, 0.05) is 5.39 Å². The third kappa shape index (κ3) is 3.94. The third-order valence-corrected chi connectivity index (χ3v) is 7.05. The summed E-state index contributed by atoms with van der Waals surface area (Å²) >= 11 is 0. The Morgan fingerprint density at radius 3 is 2.14 bits per heavy atom. The number of hydrogen-bond donors (Lipinski definition) is 0. The van der Waals surface area contributed by atoms with Gasteiger partial charge in [0.25, 0.3) is 0 Å². The molecule has 0 saturated heterocycles. The molecule has 1 aromatic heterocycles. The Balaban J connectivity index is 1.68. The molecule has 146 valence electrons. The van der Waals surface area contributed by atoms with E-state index in [-0.39, 0.29) is 5.75 Å². The highest BCUT2D eigenvalue weighted by Crippen LogP contribution is 2.27. The molecule has 3 aromatic carbocycles. The highest BCUT2D eigenvalue weighted by Gasteiger charge is 2.21. The lowest BCUT2D eigenvalue weighted by molar-refractivity contribution is 0.593. The number of hydrogen-bond acceptors (Lipinski definition) is 3. The van der Waals surface area contributed by atoms with Gasteiger partial charge in [-0.05, 0) is 61.2 Å². The van der Waals surface area contributed by atoms with Crippen molar-refractivity contribution < 1.29 is 8.42 Å². The summed E-state index contributed by atoms with van der Waals surface area (Å²) in [5.41, 5.74) is 6.26. The molecular formula is C25H23NO2S. The summed E-state index contributed by atoms with van der Waals surface area (Å²) in [7, 11) is -3.47. The minimum atomic E-state index is -3.47. The van der Waals surface area contributed by atoms with E-state index in [1.54, 1.807) is 0 Å². The van der Waals surface area contributed by atoms with E-state index in [1.165, 1.54) is 0 Å². The first-order valence-corrected chi connectivity index (χ1v) is 11.2. The van der Waals surface area contributed by atoms with Crippen LogP contribution in [-0.2, 0) is 15.6 Å². The molecule has 0 N–H and O–H groups in total. The zero-order valence-electron chi connectivity index (χ0n) is 16.8. The van der Waals surface area contributed by atoms with E-state index in [9.17, 15) is 8.42 Å². The Morgan fingerprint density at radius 1 is 0.759 bits per heavy atom. The van der Waals surface area contributed by atoms with Gasteiger partial charge in [-0.1, -0.05) is 60.2 Å². The molecule has 0 aliphatic heterocycles. The molecule has 0 amide bonds. The van der Waals surface area contributed by atoms with Gasteiger partial charge in [0.05, 0.1) is 21.9 Å². The van der Waals surface area contributed by atoms with Gasteiger partial charge in [-0.2, -0.15) is 0 Å². The molecular weight excluding hydrogens is 378 g/mol. The van der Waals surface area contributed by atoms with Crippen LogP contribution in [0.2, 0.25) is 0 Å². The quantitative estimate of drug-likeness (QED) is 0.434. The Morgan fingerprint density at radius 2 is 1.45 bits per heavy atom. The fourth-order valence-electron chi connectivity index (χ4n) is 3.98. The van der Waals surface area contributed by atoms with Crippen LogP contribution in [0.15, 0.2) is 77.7 Å². The molecule has 0 bridgehead atoms. The summed E-state index contributed by atoms with van der Waals surface area (Å²) in [6, 6.07) is 23.8. The molecule has 1 heterocycles. The van der Waals surface area contributed by atoms with Crippen molar-refractivity contribution in [3.05, 3.63) is 95.2 Å². The molecule has 0 spiro atoms. The third-order valence-electron chi connectivity index (χ3n) is 5.11. The predicted octanol–water partition coefficient (Wildman–Crippen LogP) is 5.80. The number of rotatable bonds is 4. The highest BCUT2D eigenvalue weighted by atomic mass is 32.2. The molecule has 4 rings (SSSR count). The number of nitrogens with zero attached hydrogens (tertiary/aromatic N) is 1. The van der Waals surface area contributed by atoms with E-state index in [4.69, 9.17) is 0 Å². The first kappa shape index (κ1) is 19.3. The minimum Gasteiger partial charge on any atom is -0.252 e. The van der Waals surface area contributed by atoms with Crippen LogP contribution in [0.5, 0.6) is 0 Å². The maximum atomic E-state index is 13.1. The summed E-state index contributed by atoms with van der Waals surface area (Å²) in [6.45, 7) is 5.68. The van der Waals surface area contributed by atoms with Crippen LogP contribution < -0.4 is 0 Å². The van der Waals surface area contributed by atoms with Crippen molar-refractivity contribution in [1.82, 2.24) is 4.98 Å². The van der Waals surface area contributed by atoms with Gasteiger partial charge in [-0.15, -0.1) is 0 Å². The number of aromatic nitrogens is 1. The summed E-state index contributed by atoms with van der Waals surface area (Å²) < 4.78 is 26.2. The average Bonchev–Trinajstić information content (AvgIpc) is 2.67. The molecule has 0 aliphatic rings. The first-order chi connectivity index (χ1) is 13.8. The van der Waals surface area contributed by atoms with Gasteiger partial charge in [0.2, 0.25) is 0 Å². The normalized spacial score (nSPS) is 11.7. The number of benzene rings is 3. The van der Waals surface area contributed by atoms with E-state index < -0.39 is 9.84 Å². The highest BCUT2D eigenvalue weighted by molar-refractivity contribution is 7.90. The Hall–Kier alpha value is -2.98. The van der Waals surface area contributed by atoms with Gasteiger partial charge >= 0.3 is 0 Å². The summed E-state index contributed by atoms with van der Waals surface area (Å²) in [5.74, 6) is -0.103. The van der Waals surface area contributed by atoms with Crippen molar-refractivity contribution in [2.24, 2.45) is 0 Å². The number of sulfone groups is 1. The zero-order chi connectivity index (χ0) is 20.6. The summed E-state index contributed by atoms with van der Waals surface area (Å²) in [4.78, 5) is 5.04. The van der Waals surface area contributed by atoms with E-state index >= 15 is 0 Å². The van der Waals surface area contributed by atoms with Crippen LogP contribution in [0.3, 0.4) is 0 Å². The average molecular weight is 402 g/mol. The summed E-state index contributed by atoms with van der Waals surface area (Å²) in [5, 5.41) is 0.996. The molecule has 0 aliphatic carbocycles. The van der Waals surface area contributed by atoms with Crippen molar-refractivity contribution in [1.29, 1.82) is 0 Å². The van der Waals surface area contributed by atoms with E-state index in [0.717, 1.165) is 38.7 Å². The van der Waals surface area contributed by atoms with Crippen molar-refractivity contribution >= 4 is 20.7 Å². The van der Waals surface area contributed by atoms with E-state index in [2.05, 4.69) is 23.2 Å². The zero-order valence-corrected chi connectivity index (χ0v) is 17.6. The maximum absolute atomic E-state index is 13.1. The second-order valence-corrected chi connectivity index (χ2v) is 9.49. The SMILES string of the molecule is Cc1cc(C)c(S(=O)(=O)Cc2ccc3cc(-c4ccccc4)ccc3n2)c(C)c1. The van der Waals surface area contributed by atoms with Crippen molar-refractivity contribution in [2.75, 3.05) is 0 Å². The Labute approximate surface area is 172 Å². The van der Waals surface area contributed by atoms with Gasteiger partial charge in [-0.25, -0.2) is 8.42 Å². The van der Waals surface area contributed by atoms with E-state index in [1.807, 2.05) is 75.4 Å². The smallest absolute Gasteiger partial charge is 0.184 e. The van der Waals surface area contributed by atoms with Gasteiger partial charge in [-0.3, -0.25) is 4.98 Å². The molecule has 4 aromatic rings. The van der Waals surface area contributed by atoms with Gasteiger partial charge in [0.15, 0.2) is 9.84 Å². The van der Waals surface area contributed by atoms with Crippen molar-refractivity contribution in [3.63, 3.8) is 0 Å². The molecule has 0 atom stereocenters. The first-order valence-electron chi connectivity index (χ1n) is 9.59. The minimum absolute atomic E-state index is 0.103. The van der Waals surface area contributed by atoms with Crippen LogP contribution >= 0.6 is 0 Å². The Kier molecular flexibility index (Phi) is 4.97. The predicted molar refractivity (Wildman–Crippen MR) is 119 cm³/mol. The second kappa shape index (κ2) is 7.45. The number of pyridine rings is 1. The fourth-order valence-corrected chi connectivity index (χ4v) is 5.78. The van der Waals surface area contributed by atoms with Crippen LogP contribution in [0.4, 0.5) is 0 Å². The van der Waals surface area contributed by atoms with Crippen LogP contribution in [-0.4, -0.2) is 13.4 Å². The van der Waals surface area contributed by atoms with Crippen LogP contribution in [0, 0.1) is 20.8 Å². The Bertz CT molecular complexity index is 1290. The van der Waals surface area contributed by atoms with Gasteiger partial charge in [0.1, 0.15) is 0 Å². The van der Waals surface area contributed by atoms with Crippen LogP contribution in [0.25, 0.3) is 22.0 Å². The maximum Gasteiger partial charge on any atom is 0.184 e. The largest absolute Gasteiger partial charge is 0.252 e. The molecule has 0 radical (unpaired) electrons.